The Morgan fingerprint density at radius 3 is 2.00 bits per heavy atom. The molecule has 0 bridgehead atoms. The largest absolute Gasteiger partial charge is 0.370 e. The van der Waals surface area contributed by atoms with E-state index in [1.807, 2.05) is 5.32 Å². The highest BCUT2D eigenvalue weighted by molar-refractivity contribution is 5.94. The molecule has 0 aromatic carbocycles. The van der Waals surface area contributed by atoms with E-state index >= 15 is 0 Å². The van der Waals surface area contributed by atoms with Crippen molar-refractivity contribution >= 4 is 11.9 Å². The Hall–Kier alpha value is -1.26. The number of rotatable bonds is 0. The van der Waals surface area contributed by atoms with Gasteiger partial charge in [-0.15, -0.1) is 5.41 Å². The molecule has 1 radical (unpaired) electrons. The van der Waals surface area contributed by atoms with Crippen LogP contribution in [0.1, 0.15) is 0 Å². The Morgan fingerprint density at radius 2 is 2.00 bits per heavy atom. The van der Waals surface area contributed by atoms with Crippen molar-refractivity contribution in [1.29, 1.82) is 5.41 Å². The zero-order chi connectivity index (χ0) is 5.86. The molecule has 5 nitrogen and oxygen atoms in total. The maximum atomic E-state index is 8.09. The third-order valence-electron chi connectivity index (χ3n) is 0.263. The molecule has 0 aromatic rings. The normalized spacial score (nSPS) is 7.43. The summed E-state index contributed by atoms with van der Waals surface area (Å²) in [5, 5.41) is 16.4. The SMILES string of the molecule is [N]=C(N)NC(=N)N. The van der Waals surface area contributed by atoms with Crippen LogP contribution in [0.2, 0.25) is 0 Å². The first-order valence-electron chi connectivity index (χ1n) is 1.55. The van der Waals surface area contributed by atoms with Crippen LogP contribution in [0, 0.1) is 5.41 Å². The minimum Gasteiger partial charge on any atom is -0.370 e. The molecule has 5 heteroatoms. The molecule has 7 heavy (non-hydrogen) atoms. The highest BCUT2D eigenvalue weighted by Crippen LogP contribution is 1.41. The third-order valence-corrected chi connectivity index (χ3v) is 0.263. The second-order valence-electron chi connectivity index (χ2n) is 0.924. The molecule has 0 spiro atoms. The van der Waals surface area contributed by atoms with Crippen molar-refractivity contribution in [3.05, 3.63) is 0 Å². The summed E-state index contributed by atoms with van der Waals surface area (Å²) >= 11 is 0. The molecule has 0 atom stereocenters. The minimum absolute atomic E-state index is 0.375. The molecule has 39 valence electrons. The first kappa shape index (κ1) is 5.74. The quantitative estimate of drug-likeness (QED) is 0.201. The van der Waals surface area contributed by atoms with Gasteiger partial charge in [-0.3, -0.25) is 10.7 Å². The fraction of sp³-hybridized carbons (Fsp3) is 0. The van der Waals surface area contributed by atoms with Crippen LogP contribution in [-0.4, -0.2) is 11.9 Å². The van der Waals surface area contributed by atoms with Gasteiger partial charge in [-0.1, -0.05) is 0 Å². The van der Waals surface area contributed by atoms with E-state index in [2.05, 4.69) is 5.73 Å². The molecule has 0 rings (SSSR count). The van der Waals surface area contributed by atoms with Crippen molar-refractivity contribution in [3.63, 3.8) is 0 Å². The fourth-order valence-electron chi connectivity index (χ4n) is 0.138. The monoisotopic (exact) mass is 100 g/mol. The lowest BCUT2D eigenvalue weighted by Crippen LogP contribution is -2.41. The fourth-order valence-corrected chi connectivity index (χ4v) is 0.138. The predicted molar refractivity (Wildman–Crippen MR) is 26.4 cm³/mol. The van der Waals surface area contributed by atoms with Crippen molar-refractivity contribution in [2.24, 2.45) is 11.5 Å². The zero-order valence-electron chi connectivity index (χ0n) is 3.60. The van der Waals surface area contributed by atoms with E-state index in [9.17, 15) is 0 Å². The van der Waals surface area contributed by atoms with Crippen molar-refractivity contribution in [2.75, 3.05) is 0 Å². The van der Waals surface area contributed by atoms with E-state index in [0.717, 1.165) is 0 Å². The van der Waals surface area contributed by atoms with Gasteiger partial charge < -0.3 is 11.5 Å². The van der Waals surface area contributed by atoms with Crippen molar-refractivity contribution in [1.82, 2.24) is 10.7 Å². The predicted octanol–water partition coefficient (Wildman–Crippen LogP) is -2.42. The number of hydrogen-bond acceptors (Lipinski definition) is 1. The first-order valence-corrected chi connectivity index (χ1v) is 1.55. The molecule has 0 aliphatic rings. The number of hydrogen-bond donors (Lipinski definition) is 4. The van der Waals surface area contributed by atoms with Crippen LogP contribution in [0.25, 0.3) is 0 Å². The molecule has 0 heterocycles. The summed E-state index contributed by atoms with van der Waals surface area (Å²) in [5.74, 6) is -0.937. The minimum atomic E-state index is -0.562. The maximum Gasteiger partial charge on any atom is 0.220 e. The lowest BCUT2D eigenvalue weighted by molar-refractivity contribution is 1.22. The highest BCUT2D eigenvalue weighted by Gasteiger charge is 1.84. The van der Waals surface area contributed by atoms with Gasteiger partial charge in [-0.2, -0.15) is 0 Å². The molecular formula is C2H6N5. The van der Waals surface area contributed by atoms with Gasteiger partial charge in [0.15, 0.2) is 5.96 Å². The second-order valence-corrected chi connectivity index (χ2v) is 0.924. The van der Waals surface area contributed by atoms with E-state index < -0.39 is 5.96 Å². The summed E-state index contributed by atoms with van der Waals surface area (Å²) in [6.45, 7) is 0. The van der Waals surface area contributed by atoms with E-state index in [1.165, 1.54) is 0 Å². The molecule has 6 N–H and O–H groups in total. The van der Waals surface area contributed by atoms with Gasteiger partial charge in [0.1, 0.15) is 0 Å². The summed E-state index contributed by atoms with van der Waals surface area (Å²) in [5.41, 5.74) is 9.34. The van der Waals surface area contributed by atoms with Gasteiger partial charge in [0.2, 0.25) is 5.96 Å². The smallest absolute Gasteiger partial charge is 0.220 e. The number of nitrogens with zero attached hydrogens (tertiary/aromatic N) is 1. The number of nitrogens with one attached hydrogen (secondary N) is 2. The number of nitrogens with two attached hydrogens (primary N) is 2. The molecule has 0 unspecified atom stereocenters. The van der Waals surface area contributed by atoms with Crippen LogP contribution in [0.15, 0.2) is 0 Å². The maximum absolute atomic E-state index is 8.09. The molecule has 0 fully saturated rings. The summed E-state index contributed by atoms with van der Waals surface area (Å²) < 4.78 is 0. The van der Waals surface area contributed by atoms with Crippen LogP contribution in [0.5, 0.6) is 0 Å². The molecule has 0 aliphatic heterocycles. The average Bonchev–Trinajstić information content (AvgIpc) is 1.27. The standard InChI is InChI=1S/C2H6N5/c3-1(4)7-2(5)6/h3H2,(H4,5,6,7). The molecule has 0 aromatic heterocycles. The Bertz CT molecular complexity index is 82.3. The summed E-state index contributed by atoms with van der Waals surface area (Å²) in [6.07, 6.45) is 0. The molecular weight excluding hydrogens is 94.1 g/mol. The van der Waals surface area contributed by atoms with Crippen LogP contribution in [-0.2, 0) is 0 Å². The summed E-state index contributed by atoms with van der Waals surface area (Å²) in [6, 6.07) is 0. The topological polar surface area (TPSA) is 110 Å². The number of guanidine groups is 2. The Balaban J connectivity index is 3.32. The van der Waals surface area contributed by atoms with E-state index in [-0.39, 0.29) is 5.96 Å². The second kappa shape index (κ2) is 2.01. The Morgan fingerprint density at radius 1 is 1.57 bits per heavy atom. The molecule has 0 aliphatic carbocycles. The van der Waals surface area contributed by atoms with Crippen molar-refractivity contribution in [3.8, 4) is 0 Å². The van der Waals surface area contributed by atoms with Crippen molar-refractivity contribution < 1.29 is 0 Å². The van der Waals surface area contributed by atoms with Gasteiger partial charge >= 0.3 is 0 Å². The van der Waals surface area contributed by atoms with Crippen LogP contribution < -0.4 is 22.2 Å². The highest BCUT2D eigenvalue weighted by atomic mass is 15.1. The summed E-state index contributed by atoms with van der Waals surface area (Å²) in [7, 11) is 0. The van der Waals surface area contributed by atoms with Gasteiger partial charge in [0.25, 0.3) is 0 Å². The van der Waals surface area contributed by atoms with Crippen molar-refractivity contribution in [2.45, 2.75) is 0 Å². The molecule has 0 saturated heterocycles. The van der Waals surface area contributed by atoms with Gasteiger partial charge in [0.05, 0.1) is 0 Å². The first-order chi connectivity index (χ1) is 3.13. The van der Waals surface area contributed by atoms with Gasteiger partial charge in [-0.05, 0) is 0 Å². The van der Waals surface area contributed by atoms with Gasteiger partial charge in [0, 0.05) is 0 Å². The summed E-state index contributed by atoms with van der Waals surface area (Å²) in [4.78, 5) is 0. The van der Waals surface area contributed by atoms with E-state index in [4.69, 9.17) is 16.6 Å². The third kappa shape index (κ3) is 4.74. The molecule has 0 saturated carbocycles. The van der Waals surface area contributed by atoms with E-state index in [1.54, 1.807) is 0 Å². The Labute approximate surface area is 40.7 Å². The van der Waals surface area contributed by atoms with E-state index in [0.29, 0.717) is 0 Å². The lowest BCUT2D eigenvalue weighted by atomic mass is 10.9. The zero-order valence-corrected chi connectivity index (χ0v) is 3.60. The van der Waals surface area contributed by atoms with Gasteiger partial charge in [-0.25, -0.2) is 0 Å². The average molecular weight is 100 g/mol. The van der Waals surface area contributed by atoms with Crippen LogP contribution >= 0.6 is 0 Å². The Kier molecular flexibility index (Phi) is 1.65. The molecule has 0 amide bonds. The lowest BCUT2D eigenvalue weighted by Gasteiger charge is -1.94. The van der Waals surface area contributed by atoms with Crippen LogP contribution in [0.3, 0.4) is 0 Å². The van der Waals surface area contributed by atoms with Crippen LogP contribution in [0.4, 0.5) is 0 Å².